The molecule has 162 valence electrons. The molecule has 7 heteroatoms. The first kappa shape index (κ1) is 23.5. The van der Waals surface area contributed by atoms with Crippen molar-refractivity contribution in [3.8, 4) is 0 Å². The van der Waals surface area contributed by atoms with Crippen LogP contribution in [0.1, 0.15) is 46.0 Å². The Balaban J connectivity index is 1.76. The molecule has 6 nitrogen and oxygen atoms in total. The van der Waals surface area contributed by atoms with Gasteiger partial charge in [0, 0.05) is 43.3 Å². The molecule has 0 saturated carbocycles. The average Bonchev–Trinajstić information content (AvgIpc) is 2.94. The van der Waals surface area contributed by atoms with Crippen LogP contribution in [0.2, 0.25) is 5.02 Å². The number of halogens is 1. The number of hydrogen-bond donors (Lipinski definition) is 1. The van der Waals surface area contributed by atoms with Crippen LogP contribution in [0.15, 0.2) is 24.3 Å². The second-order valence-corrected chi connectivity index (χ2v) is 8.04. The van der Waals surface area contributed by atoms with E-state index in [9.17, 15) is 9.59 Å². The second kappa shape index (κ2) is 12.7. The van der Waals surface area contributed by atoms with Gasteiger partial charge in [-0.25, -0.2) is 4.79 Å². The molecule has 1 heterocycles. The summed E-state index contributed by atoms with van der Waals surface area (Å²) in [6.07, 6.45) is 4.57. The maximum atomic E-state index is 12.6. The van der Waals surface area contributed by atoms with Crippen molar-refractivity contribution >= 4 is 29.2 Å². The van der Waals surface area contributed by atoms with E-state index in [1.165, 1.54) is 0 Å². The Morgan fingerprint density at radius 2 is 1.72 bits per heavy atom. The number of carbonyl (C=O) groups is 2. The van der Waals surface area contributed by atoms with E-state index in [2.05, 4.69) is 24.1 Å². The number of anilines is 1. The van der Waals surface area contributed by atoms with Crippen LogP contribution in [-0.4, -0.2) is 72.5 Å². The fourth-order valence-corrected chi connectivity index (χ4v) is 3.91. The summed E-state index contributed by atoms with van der Waals surface area (Å²) in [4.78, 5) is 31.3. The van der Waals surface area contributed by atoms with Gasteiger partial charge in [-0.05, 0) is 63.5 Å². The molecule has 1 aliphatic rings. The zero-order valence-electron chi connectivity index (χ0n) is 17.8. The first-order valence-corrected chi connectivity index (χ1v) is 11.2. The third kappa shape index (κ3) is 8.23. The first-order valence-electron chi connectivity index (χ1n) is 10.8. The van der Waals surface area contributed by atoms with Crippen molar-refractivity contribution in [1.29, 1.82) is 0 Å². The normalized spacial score (nSPS) is 14.8. The van der Waals surface area contributed by atoms with Crippen LogP contribution in [0.3, 0.4) is 0 Å². The first-order chi connectivity index (χ1) is 14.0. The van der Waals surface area contributed by atoms with Crippen LogP contribution >= 0.6 is 11.6 Å². The molecule has 1 aromatic rings. The molecule has 1 saturated heterocycles. The van der Waals surface area contributed by atoms with Crippen molar-refractivity contribution in [3.05, 3.63) is 29.3 Å². The van der Waals surface area contributed by atoms with Gasteiger partial charge in [0.15, 0.2) is 0 Å². The zero-order valence-corrected chi connectivity index (χ0v) is 18.6. The molecular formula is C22H35ClN4O2. The lowest BCUT2D eigenvalue weighted by molar-refractivity contribution is -0.131. The molecule has 0 spiro atoms. The number of hydrogen-bond acceptors (Lipinski definition) is 3. The molecule has 0 radical (unpaired) electrons. The SMILES string of the molecule is CCCN(CCC)CCCC(=O)N1CCCN(C(=O)Nc2cccc(Cl)c2)CC1. The van der Waals surface area contributed by atoms with Crippen molar-refractivity contribution in [2.75, 3.05) is 51.1 Å². The molecule has 0 bridgehead atoms. The third-order valence-corrected chi connectivity index (χ3v) is 5.39. The number of nitrogens with zero attached hydrogens (tertiary/aromatic N) is 3. The van der Waals surface area contributed by atoms with E-state index in [4.69, 9.17) is 11.6 Å². The minimum Gasteiger partial charge on any atom is -0.341 e. The number of urea groups is 1. The molecule has 2 rings (SSSR count). The number of benzene rings is 1. The number of amides is 3. The lowest BCUT2D eigenvalue weighted by atomic mass is 10.2. The van der Waals surface area contributed by atoms with Gasteiger partial charge in [0.2, 0.25) is 5.91 Å². The summed E-state index contributed by atoms with van der Waals surface area (Å²) in [6, 6.07) is 6.99. The predicted octanol–water partition coefficient (Wildman–Crippen LogP) is 4.31. The molecule has 0 aliphatic carbocycles. The Hall–Kier alpha value is -1.79. The monoisotopic (exact) mass is 422 g/mol. The van der Waals surface area contributed by atoms with Crippen molar-refractivity contribution in [1.82, 2.24) is 14.7 Å². The maximum absolute atomic E-state index is 12.6. The molecule has 1 aromatic carbocycles. The molecule has 29 heavy (non-hydrogen) atoms. The largest absolute Gasteiger partial charge is 0.341 e. The number of nitrogens with one attached hydrogen (secondary N) is 1. The molecule has 1 N–H and O–H groups in total. The summed E-state index contributed by atoms with van der Waals surface area (Å²) in [5, 5.41) is 3.48. The van der Waals surface area contributed by atoms with Gasteiger partial charge in [-0.15, -0.1) is 0 Å². The van der Waals surface area contributed by atoms with Crippen LogP contribution in [-0.2, 0) is 4.79 Å². The highest BCUT2D eigenvalue weighted by Gasteiger charge is 2.22. The molecule has 0 unspecified atom stereocenters. The molecule has 1 aliphatic heterocycles. The Morgan fingerprint density at radius 3 is 2.41 bits per heavy atom. The fourth-order valence-electron chi connectivity index (χ4n) is 3.72. The summed E-state index contributed by atoms with van der Waals surface area (Å²) < 4.78 is 0. The van der Waals surface area contributed by atoms with Crippen molar-refractivity contribution in [2.24, 2.45) is 0 Å². The van der Waals surface area contributed by atoms with E-state index in [1.54, 1.807) is 17.0 Å². The molecule has 1 fully saturated rings. The van der Waals surface area contributed by atoms with Gasteiger partial charge < -0.3 is 20.0 Å². The van der Waals surface area contributed by atoms with Gasteiger partial charge in [-0.1, -0.05) is 31.5 Å². The summed E-state index contributed by atoms with van der Waals surface area (Å²) in [7, 11) is 0. The molecule has 0 atom stereocenters. The van der Waals surface area contributed by atoms with Gasteiger partial charge in [0.1, 0.15) is 0 Å². The van der Waals surface area contributed by atoms with Gasteiger partial charge in [-0.3, -0.25) is 4.79 Å². The van der Waals surface area contributed by atoms with Crippen molar-refractivity contribution < 1.29 is 9.59 Å². The van der Waals surface area contributed by atoms with Crippen LogP contribution in [0.25, 0.3) is 0 Å². The topological polar surface area (TPSA) is 55.9 Å². The second-order valence-electron chi connectivity index (χ2n) is 7.61. The average molecular weight is 423 g/mol. The molecule has 0 aromatic heterocycles. The summed E-state index contributed by atoms with van der Waals surface area (Å²) in [6.45, 7) is 10.1. The number of rotatable bonds is 9. The molecule has 3 amide bonds. The lowest BCUT2D eigenvalue weighted by Gasteiger charge is -2.24. The summed E-state index contributed by atoms with van der Waals surface area (Å²) >= 11 is 5.98. The van der Waals surface area contributed by atoms with E-state index >= 15 is 0 Å². The quantitative estimate of drug-likeness (QED) is 0.645. The lowest BCUT2D eigenvalue weighted by Crippen LogP contribution is -2.39. The van der Waals surface area contributed by atoms with Gasteiger partial charge >= 0.3 is 6.03 Å². The smallest absolute Gasteiger partial charge is 0.321 e. The predicted molar refractivity (Wildman–Crippen MR) is 119 cm³/mol. The highest BCUT2D eigenvalue weighted by molar-refractivity contribution is 6.30. The Labute approximate surface area is 180 Å². The third-order valence-electron chi connectivity index (χ3n) is 5.16. The van der Waals surface area contributed by atoms with Crippen LogP contribution in [0.5, 0.6) is 0 Å². The van der Waals surface area contributed by atoms with Crippen molar-refractivity contribution in [3.63, 3.8) is 0 Å². The summed E-state index contributed by atoms with van der Waals surface area (Å²) in [5.41, 5.74) is 0.684. The molecular weight excluding hydrogens is 388 g/mol. The van der Waals surface area contributed by atoms with E-state index in [0.717, 1.165) is 45.3 Å². The minimum atomic E-state index is -0.142. The van der Waals surface area contributed by atoms with Gasteiger partial charge in [0.05, 0.1) is 0 Å². The highest BCUT2D eigenvalue weighted by atomic mass is 35.5. The highest BCUT2D eigenvalue weighted by Crippen LogP contribution is 2.16. The van der Waals surface area contributed by atoms with Crippen molar-refractivity contribution in [2.45, 2.75) is 46.0 Å². The van der Waals surface area contributed by atoms with Crippen LogP contribution in [0, 0.1) is 0 Å². The van der Waals surface area contributed by atoms with E-state index in [-0.39, 0.29) is 11.9 Å². The fraction of sp³-hybridized carbons (Fsp3) is 0.636. The van der Waals surface area contributed by atoms with Gasteiger partial charge in [0.25, 0.3) is 0 Å². The van der Waals surface area contributed by atoms with E-state index in [0.29, 0.717) is 43.3 Å². The maximum Gasteiger partial charge on any atom is 0.321 e. The Kier molecular flexibility index (Phi) is 10.3. The standard InChI is InChI=1S/C22H35ClN4O2/c1-3-11-25(12-4-2)13-6-10-21(28)26-14-7-15-27(17-16-26)22(29)24-20-9-5-8-19(23)18-20/h5,8-9,18H,3-4,6-7,10-17H2,1-2H3,(H,24,29). The van der Waals surface area contributed by atoms with Gasteiger partial charge in [-0.2, -0.15) is 0 Å². The van der Waals surface area contributed by atoms with Crippen LogP contribution < -0.4 is 5.32 Å². The Bertz CT molecular complexity index is 649. The minimum absolute atomic E-state index is 0.142. The van der Waals surface area contributed by atoms with E-state index in [1.807, 2.05) is 17.0 Å². The number of carbonyl (C=O) groups excluding carboxylic acids is 2. The van der Waals surface area contributed by atoms with E-state index < -0.39 is 0 Å². The summed E-state index contributed by atoms with van der Waals surface area (Å²) in [5.74, 6) is 0.204. The van der Waals surface area contributed by atoms with Crippen LogP contribution in [0.4, 0.5) is 10.5 Å². The Morgan fingerprint density at radius 1 is 1.03 bits per heavy atom. The zero-order chi connectivity index (χ0) is 21.1.